The summed E-state index contributed by atoms with van der Waals surface area (Å²) in [6.07, 6.45) is 0.243. The molecular weight excluding hydrogens is 562 g/mol. The molecule has 5 heterocycles. The number of carboxylic acids is 1. The van der Waals surface area contributed by atoms with Gasteiger partial charge in [0.25, 0.3) is 0 Å². The lowest BCUT2D eigenvalue weighted by atomic mass is 9.98. The van der Waals surface area contributed by atoms with Crippen LogP contribution in [0.3, 0.4) is 0 Å². The summed E-state index contributed by atoms with van der Waals surface area (Å²) in [6, 6.07) is 2.98. The van der Waals surface area contributed by atoms with Gasteiger partial charge in [-0.1, -0.05) is 0 Å². The second kappa shape index (κ2) is 10.9. The number of hydrogen-bond acceptors (Lipinski definition) is 6. The molecule has 224 valence electrons. The smallest absolute Gasteiger partial charge is 0.475 e. The van der Waals surface area contributed by atoms with E-state index in [4.69, 9.17) is 19.6 Å². The first kappa shape index (κ1) is 29.2. The van der Waals surface area contributed by atoms with E-state index in [1.165, 1.54) is 6.07 Å². The maximum absolute atomic E-state index is 15.7. The minimum absolute atomic E-state index is 0.0387. The fraction of sp³-hybridized carbons (Fsp3) is 0.444. The van der Waals surface area contributed by atoms with Crippen LogP contribution >= 0.6 is 0 Å². The third-order valence-corrected chi connectivity index (χ3v) is 7.55. The van der Waals surface area contributed by atoms with Crippen molar-refractivity contribution in [1.29, 1.82) is 0 Å². The second-order valence-corrected chi connectivity index (χ2v) is 10.4. The number of fused-ring (bicyclic) bond motifs is 2. The molecule has 4 aromatic rings. The number of rotatable bonds is 3. The Hall–Kier alpha value is -4.27. The standard InChI is InChI=1S/C25H28FN7O2.C2HF3O2/c1-14-25(34)30(2)13-21-23(28-24(33(14)21)15-5-7-35-8-6-15)17-9-18-20(10-19(17)26)32(4)29-22(18)16-11-27-31(3)12-16;3-2(4,5)1(6)7/h9-12,14-15H,5-8,13H2,1-4H3;(H,6,7). The number of benzene rings is 1. The lowest BCUT2D eigenvalue weighted by Gasteiger charge is -2.32. The van der Waals surface area contributed by atoms with Gasteiger partial charge in [0.05, 0.1) is 29.6 Å². The van der Waals surface area contributed by atoms with E-state index in [1.807, 2.05) is 37.8 Å². The van der Waals surface area contributed by atoms with Gasteiger partial charge >= 0.3 is 12.1 Å². The minimum Gasteiger partial charge on any atom is -0.475 e. The van der Waals surface area contributed by atoms with Crippen LogP contribution in [-0.4, -0.2) is 77.4 Å². The van der Waals surface area contributed by atoms with E-state index in [2.05, 4.69) is 10.2 Å². The number of nitrogens with zero attached hydrogens (tertiary/aromatic N) is 7. The van der Waals surface area contributed by atoms with E-state index in [0.29, 0.717) is 36.5 Å². The highest BCUT2D eigenvalue weighted by atomic mass is 19.4. The van der Waals surface area contributed by atoms with Crippen molar-refractivity contribution in [2.45, 2.75) is 44.4 Å². The minimum atomic E-state index is -5.08. The molecule has 42 heavy (non-hydrogen) atoms. The molecule has 0 aliphatic carbocycles. The third-order valence-electron chi connectivity index (χ3n) is 7.55. The summed E-state index contributed by atoms with van der Waals surface area (Å²) in [4.78, 5) is 28.5. The van der Waals surface area contributed by atoms with Gasteiger partial charge < -0.3 is 19.3 Å². The first-order valence-corrected chi connectivity index (χ1v) is 13.2. The number of aryl methyl sites for hydroxylation is 2. The van der Waals surface area contributed by atoms with Crippen molar-refractivity contribution in [2.24, 2.45) is 14.1 Å². The van der Waals surface area contributed by atoms with Crippen LogP contribution in [0, 0.1) is 5.82 Å². The van der Waals surface area contributed by atoms with Crippen LogP contribution in [0.4, 0.5) is 17.6 Å². The number of carboxylic acid groups (broad SMARTS) is 1. The summed E-state index contributed by atoms with van der Waals surface area (Å²) in [5.41, 5.74) is 4.19. The highest BCUT2D eigenvalue weighted by Gasteiger charge is 2.38. The summed E-state index contributed by atoms with van der Waals surface area (Å²) in [5.74, 6) is -2.05. The van der Waals surface area contributed by atoms with Gasteiger partial charge in [-0.2, -0.15) is 23.4 Å². The Bertz CT molecular complexity index is 1670. The lowest BCUT2D eigenvalue weighted by molar-refractivity contribution is -0.192. The first-order valence-electron chi connectivity index (χ1n) is 13.2. The molecule has 0 saturated carbocycles. The van der Waals surface area contributed by atoms with Gasteiger partial charge in [0, 0.05) is 69.1 Å². The predicted octanol–water partition coefficient (Wildman–Crippen LogP) is 4.04. The van der Waals surface area contributed by atoms with E-state index < -0.39 is 12.1 Å². The molecule has 6 rings (SSSR count). The molecule has 1 atom stereocenters. The van der Waals surface area contributed by atoms with Crippen molar-refractivity contribution < 1.29 is 37.0 Å². The zero-order valence-corrected chi connectivity index (χ0v) is 23.3. The van der Waals surface area contributed by atoms with E-state index in [9.17, 15) is 18.0 Å². The quantitative estimate of drug-likeness (QED) is 0.357. The Morgan fingerprint density at radius 2 is 1.79 bits per heavy atom. The average molecular weight is 592 g/mol. The largest absolute Gasteiger partial charge is 0.490 e. The van der Waals surface area contributed by atoms with Crippen molar-refractivity contribution in [3.63, 3.8) is 0 Å². The van der Waals surface area contributed by atoms with Crippen molar-refractivity contribution in [1.82, 2.24) is 34.0 Å². The zero-order chi connectivity index (χ0) is 30.5. The lowest BCUT2D eigenvalue weighted by Crippen LogP contribution is -2.40. The molecule has 1 unspecified atom stereocenters. The molecule has 3 aromatic heterocycles. The molecule has 1 amide bonds. The number of imidazole rings is 1. The van der Waals surface area contributed by atoms with Crippen molar-refractivity contribution in [2.75, 3.05) is 20.3 Å². The van der Waals surface area contributed by atoms with E-state index in [0.717, 1.165) is 41.0 Å². The molecular formula is C27H29F4N7O4. The number of alkyl halides is 3. The number of amides is 1. The Balaban J connectivity index is 0.000000451. The van der Waals surface area contributed by atoms with Crippen molar-refractivity contribution >= 4 is 22.8 Å². The highest BCUT2D eigenvalue weighted by Crippen LogP contribution is 2.40. The van der Waals surface area contributed by atoms with Gasteiger partial charge in [-0.25, -0.2) is 14.2 Å². The average Bonchev–Trinajstić information content (AvgIpc) is 3.62. The summed E-state index contributed by atoms with van der Waals surface area (Å²) in [6.45, 7) is 3.61. The van der Waals surface area contributed by atoms with Crippen LogP contribution in [-0.2, 0) is 35.0 Å². The normalized spacial score (nSPS) is 17.8. The summed E-state index contributed by atoms with van der Waals surface area (Å²) < 4.78 is 58.4. The number of hydrogen-bond donors (Lipinski definition) is 1. The van der Waals surface area contributed by atoms with Crippen LogP contribution in [0.15, 0.2) is 24.5 Å². The molecule has 0 radical (unpaired) electrons. The van der Waals surface area contributed by atoms with Gasteiger partial charge in [0.15, 0.2) is 0 Å². The molecule has 2 aliphatic rings. The summed E-state index contributed by atoms with van der Waals surface area (Å²) >= 11 is 0. The number of aliphatic carboxylic acids is 1. The summed E-state index contributed by atoms with van der Waals surface area (Å²) in [5, 5.41) is 16.9. The van der Waals surface area contributed by atoms with Crippen LogP contribution in [0.2, 0.25) is 0 Å². The van der Waals surface area contributed by atoms with Gasteiger partial charge in [-0.05, 0) is 25.8 Å². The maximum atomic E-state index is 15.7. The number of aromatic nitrogens is 6. The van der Waals surface area contributed by atoms with E-state index >= 15 is 4.39 Å². The Labute approximate surface area is 237 Å². The van der Waals surface area contributed by atoms with E-state index in [-0.39, 0.29) is 23.7 Å². The number of likely N-dealkylation sites (N-methyl/N-ethyl adjacent to an activating group) is 1. The van der Waals surface area contributed by atoms with Gasteiger partial charge in [-0.3, -0.25) is 14.2 Å². The van der Waals surface area contributed by atoms with Crippen molar-refractivity contribution in [3.8, 4) is 22.5 Å². The Kier molecular flexibility index (Phi) is 7.55. The molecule has 1 saturated heterocycles. The second-order valence-electron chi connectivity index (χ2n) is 10.4. The molecule has 2 aliphatic heterocycles. The maximum Gasteiger partial charge on any atom is 0.490 e. The van der Waals surface area contributed by atoms with Gasteiger partial charge in [0.2, 0.25) is 5.91 Å². The number of ether oxygens (including phenoxy) is 1. The monoisotopic (exact) mass is 591 g/mol. The van der Waals surface area contributed by atoms with Crippen LogP contribution < -0.4 is 0 Å². The fourth-order valence-electron chi connectivity index (χ4n) is 5.48. The topological polar surface area (TPSA) is 120 Å². The molecule has 0 spiro atoms. The first-order chi connectivity index (χ1) is 19.8. The van der Waals surface area contributed by atoms with Gasteiger partial charge in [0.1, 0.15) is 23.4 Å². The predicted molar refractivity (Wildman–Crippen MR) is 142 cm³/mol. The van der Waals surface area contributed by atoms with Gasteiger partial charge in [-0.15, -0.1) is 0 Å². The van der Waals surface area contributed by atoms with Crippen LogP contribution in [0.25, 0.3) is 33.4 Å². The molecule has 1 fully saturated rings. The Morgan fingerprint density at radius 3 is 2.38 bits per heavy atom. The molecule has 11 nitrogen and oxygen atoms in total. The summed E-state index contributed by atoms with van der Waals surface area (Å²) in [7, 11) is 5.45. The SMILES string of the molecule is CC1C(=O)N(C)Cc2c(-c3cc4c(-c5cnn(C)c5)nn(C)c4cc3F)nc(C3CCOCC3)n21.O=C(O)C(F)(F)F. The molecule has 15 heteroatoms. The zero-order valence-electron chi connectivity index (χ0n) is 23.3. The van der Waals surface area contributed by atoms with E-state index in [1.54, 1.807) is 27.5 Å². The van der Waals surface area contributed by atoms with Crippen LogP contribution in [0.5, 0.6) is 0 Å². The molecule has 1 aromatic carbocycles. The third kappa shape index (κ3) is 5.24. The number of carbonyl (C=O) groups is 2. The number of halogens is 4. The van der Waals surface area contributed by atoms with Crippen LogP contribution in [0.1, 0.15) is 43.2 Å². The molecule has 1 N–H and O–H groups in total. The Morgan fingerprint density at radius 1 is 1.12 bits per heavy atom. The number of carbonyl (C=O) groups excluding carboxylic acids is 1. The highest BCUT2D eigenvalue weighted by molar-refractivity contribution is 5.96. The van der Waals surface area contributed by atoms with Crippen molar-refractivity contribution in [3.05, 3.63) is 41.9 Å². The molecule has 0 bridgehead atoms. The fourth-order valence-corrected chi connectivity index (χ4v) is 5.48.